The van der Waals surface area contributed by atoms with E-state index in [9.17, 15) is 24.3 Å². The molecule has 0 bridgehead atoms. The predicted octanol–water partition coefficient (Wildman–Crippen LogP) is 6.80. The first-order valence-electron chi connectivity index (χ1n) is 20.3. The molecule has 3 saturated heterocycles. The van der Waals surface area contributed by atoms with E-state index in [-0.39, 0.29) is 50.1 Å². The molecular formula is C45H59N5O7. The van der Waals surface area contributed by atoms with Gasteiger partial charge in [0.1, 0.15) is 11.5 Å². The zero-order chi connectivity index (χ0) is 39.2. The number of fused-ring (bicyclic) bond motifs is 1. The van der Waals surface area contributed by atoms with Gasteiger partial charge in [-0.1, -0.05) is 56.0 Å². The minimum Gasteiger partial charge on any atom is -0.507 e. The van der Waals surface area contributed by atoms with Crippen LogP contribution < -0.4 is 10.1 Å². The van der Waals surface area contributed by atoms with Gasteiger partial charge in [-0.15, -0.1) is 0 Å². The molecule has 4 aliphatic heterocycles. The lowest BCUT2D eigenvalue weighted by molar-refractivity contribution is -0.142. The highest BCUT2D eigenvalue weighted by molar-refractivity contribution is 5.91. The summed E-state index contributed by atoms with van der Waals surface area (Å²) in [5.41, 5.74) is 4.20. The van der Waals surface area contributed by atoms with E-state index in [4.69, 9.17) is 9.47 Å². The van der Waals surface area contributed by atoms with E-state index in [1.165, 1.54) is 0 Å². The third kappa shape index (κ3) is 10.3. The van der Waals surface area contributed by atoms with Crippen LogP contribution in [0, 0.1) is 25.7 Å². The highest BCUT2D eigenvalue weighted by atomic mass is 16.6. The number of aryl methyl sites for hydroxylation is 2. The number of benzene rings is 3. The minimum absolute atomic E-state index is 0. The molecule has 3 fully saturated rings. The van der Waals surface area contributed by atoms with Crippen molar-refractivity contribution in [2.45, 2.75) is 84.8 Å². The molecule has 12 heteroatoms. The molecule has 0 spiro atoms. The summed E-state index contributed by atoms with van der Waals surface area (Å²) >= 11 is 0. The zero-order valence-electron chi connectivity index (χ0n) is 32.7. The van der Waals surface area contributed by atoms with E-state index in [2.05, 4.69) is 10.2 Å². The number of piperidine rings is 3. The number of urea groups is 1. The Hall–Kier alpha value is -5.10. The minimum atomic E-state index is -1.01. The number of ether oxygens (including phenoxy) is 2. The van der Waals surface area contributed by atoms with E-state index < -0.39 is 12.2 Å². The number of esters is 1. The van der Waals surface area contributed by atoms with Crippen molar-refractivity contribution in [1.82, 2.24) is 19.6 Å². The average molecular weight is 782 g/mol. The summed E-state index contributed by atoms with van der Waals surface area (Å²) in [5.74, 6) is 1.37. The van der Waals surface area contributed by atoms with Gasteiger partial charge in [0, 0.05) is 50.9 Å². The summed E-state index contributed by atoms with van der Waals surface area (Å²) in [5, 5.41) is 13.5. The second-order valence-electron chi connectivity index (χ2n) is 16.0. The molecule has 12 nitrogen and oxygen atoms in total. The molecule has 1 atom stereocenters. The maximum Gasteiger partial charge on any atom is 0.410 e. The predicted molar refractivity (Wildman–Crippen MR) is 219 cm³/mol. The molecule has 3 aromatic rings. The number of aromatic hydroxyl groups is 1. The van der Waals surface area contributed by atoms with Crippen molar-refractivity contribution < 1.29 is 33.8 Å². The van der Waals surface area contributed by atoms with Crippen molar-refractivity contribution in [1.29, 1.82) is 0 Å². The lowest BCUT2D eigenvalue weighted by Gasteiger charge is -2.41. The molecular weight excluding hydrogens is 723 g/mol. The highest BCUT2D eigenvalue weighted by Gasteiger charge is 2.37. The molecule has 0 aliphatic carbocycles. The number of phenolic OH excluding ortho intramolecular Hbond substituents is 1. The van der Waals surface area contributed by atoms with Gasteiger partial charge in [-0.05, 0) is 124 Å². The average Bonchev–Trinajstić information content (AvgIpc) is 3.38. The van der Waals surface area contributed by atoms with E-state index in [0.29, 0.717) is 74.3 Å². The van der Waals surface area contributed by atoms with Crippen molar-refractivity contribution in [2.75, 3.05) is 57.7 Å². The van der Waals surface area contributed by atoms with Crippen LogP contribution in [-0.2, 0) is 27.2 Å². The number of hydrogen-bond donors (Lipinski definition) is 2. The van der Waals surface area contributed by atoms with Crippen LogP contribution in [-0.4, -0.2) is 113 Å². The fourth-order valence-corrected chi connectivity index (χ4v) is 9.06. The van der Waals surface area contributed by atoms with Crippen molar-refractivity contribution in [3.05, 3.63) is 89.0 Å². The zero-order valence-corrected chi connectivity index (χ0v) is 32.7. The Morgan fingerprint density at radius 3 is 2.05 bits per heavy atom. The number of amides is 4. The Bertz CT molecular complexity index is 1840. The molecule has 306 valence electrons. The molecule has 4 amide bonds. The van der Waals surface area contributed by atoms with Gasteiger partial charge in [0.25, 0.3) is 5.91 Å². The van der Waals surface area contributed by atoms with Crippen molar-refractivity contribution in [2.24, 2.45) is 11.8 Å². The monoisotopic (exact) mass is 781 g/mol. The topological polar surface area (TPSA) is 132 Å². The highest BCUT2D eigenvalue weighted by Crippen LogP contribution is 2.33. The number of carbonyl (C=O) groups excluding carboxylic acids is 4. The third-order valence-electron chi connectivity index (χ3n) is 12.3. The molecule has 57 heavy (non-hydrogen) atoms. The normalized spacial score (nSPS) is 19.1. The number of carbonyl (C=O) groups is 4. The maximum atomic E-state index is 14.2. The molecule has 3 aromatic carbocycles. The van der Waals surface area contributed by atoms with E-state index in [1.54, 1.807) is 17.0 Å². The van der Waals surface area contributed by atoms with Gasteiger partial charge in [-0.3, -0.25) is 14.5 Å². The first-order chi connectivity index (χ1) is 27.1. The fraction of sp³-hybridized carbons (Fsp3) is 0.511. The first-order valence-corrected chi connectivity index (χ1v) is 20.3. The Balaban J connectivity index is 0.00000549. The number of anilines is 1. The van der Waals surface area contributed by atoms with Crippen LogP contribution in [0.3, 0.4) is 0 Å². The molecule has 7 rings (SSSR count). The van der Waals surface area contributed by atoms with Crippen LogP contribution in [0.25, 0.3) is 0 Å². The largest absolute Gasteiger partial charge is 0.507 e. The van der Waals surface area contributed by atoms with Gasteiger partial charge in [-0.2, -0.15) is 0 Å². The quantitative estimate of drug-likeness (QED) is 0.179. The Labute approximate surface area is 337 Å². The third-order valence-corrected chi connectivity index (χ3v) is 12.3. The number of rotatable bonds is 9. The summed E-state index contributed by atoms with van der Waals surface area (Å²) in [6.45, 7) is 8.28. The Morgan fingerprint density at radius 1 is 0.789 bits per heavy atom. The maximum absolute atomic E-state index is 14.2. The van der Waals surface area contributed by atoms with Gasteiger partial charge in [0.05, 0.1) is 6.54 Å². The van der Waals surface area contributed by atoms with Crippen molar-refractivity contribution >= 4 is 29.7 Å². The molecule has 2 N–H and O–H groups in total. The van der Waals surface area contributed by atoms with Crippen molar-refractivity contribution in [3.63, 3.8) is 0 Å². The van der Waals surface area contributed by atoms with Crippen molar-refractivity contribution in [3.8, 4) is 11.5 Å². The van der Waals surface area contributed by atoms with Crippen LogP contribution in [0.4, 0.5) is 15.3 Å². The number of para-hydroxylation sites is 2. The van der Waals surface area contributed by atoms with Crippen LogP contribution in [0.2, 0.25) is 0 Å². The molecule has 0 saturated carbocycles. The summed E-state index contributed by atoms with van der Waals surface area (Å²) in [6.07, 6.45) is 4.47. The van der Waals surface area contributed by atoms with Crippen LogP contribution >= 0.6 is 0 Å². The molecule has 4 heterocycles. The lowest BCUT2D eigenvalue weighted by atomic mass is 9.78. The van der Waals surface area contributed by atoms with E-state index in [1.807, 2.05) is 78.2 Å². The van der Waals surface area contributed by atoms with Crippen LogP contribution in [0.15, 0.2) is 66.7 Å². The standard InChI is InChI=1S/C44H55N5O7.CH4/c1-30-26-32(27-31(2)41(30)51)28-39(56-44(54)48-23-17-36(18-24-48)49-25-16-35-8-6-7-11-38(35)45-43(49)53)42(52)47-21-14-34(15-22-47)33-12-19-46(20-13-33)29-40(50)55-37-9-4-3-5-10-37;/h3-11,26-27,33-34,36,39,51H,12-25,28-29H2,1-2H3,(H,45,53);1H4/t39-;/m1./s1. The van der Waals surface area contributed by atoms with E-state index >= 15 is 0 Å². The number of nitrogens with zero attached hydrogens (tertiary/aromatic N) is 4. The Kier molecular flexibility index (Phi) is 13.8. The SMILES string of the molecule is C.Cc1cc(C[C@@H](OC(=O)N2CCC(N3CCc4ccccc4NC3=O)CC2)C(=O)N2CCC(C3CCN(CC(=O)Oc4ccccc4)CC3)CC2)cc(C)c1O. The van der Waals surface area contributed by atoms with E-state index in [0.717, 1.165) is 62.0 Å². The molecule has 0 unspecified atom stereocenters. The van der Waals surface area contributed by atoms with Gasteiger partial charge in [0.15, 0.2) is 6.10 Å². The van der Waals surface area contributed by atoms with Crippen LogP contribution in [0.1, 0.15) is 68.2 Å². The summed E-state index contributed by atoms with van der Waals surface area (Å²) < 4.78 is 11.6. The molecule has 4 aliphatic rings. The fourth-order valence-electron chi connectivity index (χ4n) is 9.06. The number of hydrogen-bond acceptors (Lipinski definition) is 8. The second kappa shape index (κ2) is 18.9. The van der Waals surface area contributed by atoms with Gasteiger partial charge in [-0.25, -0.2) is 9.59 Å². The first kappa shape index (κ1) is 41.5. The summed E-state index contributed by atoms with van der Waals surface area (Å²) in [4.78, 5) is 61.2. The number of likely N-dealkylation sites (tertiary alicyclic amines) is 3. The second-order valence-corrected chi connectivity index (χ2v) is 16.0. The van der Waals surface area contributed by atoms with Gasteiger partial charge < -0.3 is 34.6 Å². The summed E-state index contributed by atoms with van der Waals surface area (Å²) in [6, 6.07) is 20.6. The number of nitrogens with one attached hydrogen (secondary N) is 1. The Morgan fingerprint density at radius 2 is 1.39 bits per heavy atom. The van der Waals surface area contributed by atoms with Gasteiger partial charge >= 0.3 is 18.1 Å². The smallest absolute Gasteiger partial charge is 0.410 e. The molecule has 0 radical (unpaired) electrons. The number of phenols is 1. The summed E-state index contributed by atoms with van der Waals surface area (Å²) in [7, 11) is 0. The lowest BCUT2D eigenvalue weighted by Crippen LogP contribution is -2.52. The molecule has 0 aromatic heterocycles. The van der Waals surface area contributed by atoms with Gasteiger partial charge in [0.2, 0.25) is 0 Å². The van der Waals surface area contributed by atoms with Crippen LogP contribution in [0.5, 0.6) is 11.5 Å².